The van der Waals surface area contributed by atoms with E-state index in [0.29, 0.717) is 5.92 Å². The van der Waals surface area contributed by atoms with Gasteiger partial charge in [-0.25, -0.2) is 0 Å². The van der Waals surface area contributed by atoms with Gasteiger partial charge in [0.05, 0.1) is 0 Å². The zero-order chi connectivity index (χ0) is 18.1. The van der Waals surface area contributed by atoms with Crippen molar-refractivity contribution in [3.8, 4) is 0 Å². The Kier molecular flexibility index (Phi) is 8.22. The Bertz CT molecular complexity index is 526. The minimum Gasteiger partial charge on any atom is -0.356 e. The fraction of sp³-hybridized carbons (Fsp3) is 0.842. The molecule has 0 saturated heterocycles. The third-order valence-corrected chi connectivity index (χ3v) is 4.97. The van der Waals surface area contributed by atoms with Crippen molar-refractivity contribution >= 4 is 5.96 Å². The second-order valence-corrected chi connectivity index (χ2v) is 7.66. The van der Waals surface area contributed by atoms with E-state index in [1.807, 2.05) is 7.05 Å². The summed E-state index contributed by atoms with van der Waals surface area (Å²) in [5.41, 5.74) is 0. The summed E-state index contributed by atoms with van der Waals surface area (Å²) in [5, 5.41) is 10.8. The number of guanidine groups is 1. The van der Waals surface area contributed by atoms with Gasteiger partial charge in [0.1, 0.15) is 0 Å². The van der Waals surface area contributed by atoms with Gasteiger partial charge < -0.3 is 15.2 Å². The molecule has 2 rings (SSSR count). The Labute approximate surface area is 152 Å². The van der Waals surface area contributed by atoms with Gasteiger partial charge in [-0.05, 0) is 31.1 Å². The molecule has 6 heteroatoms. The summed E-state index contributed by atoms with van der Waals surface area (Å²) in [6.07, 6.45) is 8.56. The molecule has 0 aliphatic heterocycles. The molecule has 1 aliphatic rings. The highest BCUT2D eigenvalue weighted by Crippen LogP contribution is 2.30. The van der Waals surface area contributed by atoms with Crippen molar-refractivity contribution in [3.05, 3.63) is 11.7 Å². The van der Waals surface area contributed by atoms with E-state index in [-0.39, 0.29) is 0 Å². The molecule has 1 saturated carbocycles. The first-order valence-electron chi connectivity index (χ1n) is 9.85. The molecule has 2 N–H and O–H groups in total. The number of nitrogens with one attached hydrogen (secondary N) is 2. The van der Waals surface area contributed by atoms with Crippen LogP contribution in [0.1, 0.15) is 76.9 Å². The molecule has 0 radical (unpaired) electrons. The fourth-order valence-corrected chi connectivity index (χ4v) is 3.49. The second kappa shape index (κ2) is 10.4. The molecular weight excluding hydrogens is 314 g/mol. The van der Waals surface area contributed by atoms with Crippen molar-refractivity contribution in [2.75, 3.05) is 20.1 Å². The van der Waals surface area contributed by atoms with Crippen LogP contribution in [0, 0.1) is 11.8 Å². The van der Waals surface area contributed by atoms with Crippen molar-refractivity contribution in [3.63, 3.8) is 0 Å². The minimum absolute atomic E-state index is 0.311. The number of aromatic nitrogens is 2. The third kappa shape index (κ3) is 7.04. The largest absolute Gasteiger partial charge is 0.356 e. The van der Waals surface area contributed by atoms with Crippen LogP contribution < -0.4 is 10.6 Å². The topological polar surface area (TPSA) is 75.3 Å². The summed E-state index contributed by atoms with van der Waals surface area (Å²) < 4.78 is 5.27. The summed E-state index contributed by atoms with van der Waals surface area (Å²) in [7, 11) is 1.82. The number of aliphatic imine (C=N–C) groups is 1. The minimum atomic E-state index is 0.311. The van der Waals surface area contributed by atoms with E-state index in [4.69, 9.17) is 4.52 Å². The molecule has 2 atom stereocenters. The van der Waals surface area contributed by atoms with Crippen LogP contribution in [0.5, 0.6) is 0 Å². The van der Waals surface area contributed by atoms with Crippen molar-refractivity contribution < 1.29 is 4.52 Å². The van der Waals surface area contributed by atoms with E-state index in [1.165, 1.54) is 32.1 Å². The zero-order valence-electron chi connectivity index (χ0n) is 16.3. The highest BCUT2D eigenvalue weighted by Gasteiger charge is 2.18. The molecule has 1 heterocycles. The highest BCUT2D eigenvalue weighted by atomic mass is 16.5. The molecule has 0 aromatic carbocycles. The van der Waals surface area contributed by atoms with Crippen molar-refractivity contribution in [1.29, 1.82) is 0 Å². The first kappa shape index (κ1) is 19.7. The van der Waals surface area contributed by atoms with Gasteiger partial charge in [-0.3, -0.25) is 4.99 Å². The lowest BCUT2D eigenvalue weighted by atomic mass is 9.81. The maximum atomic E-state index is 5.27. The maximum Gasteiger partial charge on any atom is 0.226 e. The zero-order valence-corrected chi connectivity index (χ0v) is 16.3. The Morgan fingerprint density at radius 3 is 2.76 bits per heavy atom. The first-order chi connectivity index (χ1) is 12.1. The number of rotatable bonds is 8. The Morgan fingerprint density at radius 1 is 1.28 bits per heavy atom. The molecular formula is C19H35N5O. The molecule has 142 valence electrons. The summed E-state index contributed by atoms with van der Waals surface area (Å²) in [4.78, 5) is 8.70. The number of nitrogens with zero attached hydrogens (tertiary/aromatic N) is 3. The quantitative estimate of drug-likeness (QED) is 0.427. The van der Waals surface area contributed by atoms with Crippen LogP contribution in [0.2, 0.25) is 0 Å². The van der Waals surface area contributed by atoms with Gasteiger partial charge >= 0.3 is 0 Å². The van der Waals surface area contributed by atoms with Crippen LogP contribution >= 0.6 is 0 Å². The number of aryl methyl sites for hydroxylation is 1. The molecule has 1 aromatic heterocycles. The predicted molar refractivity (Wildman–Crippen MR) is 102 cm³/mol. The van der Waals surface area contributed by atoms with Crippen molar-refractivity contribution in [2.45, 2.75) is 71.6 Å². The molecule has 0 bridgehead atoms. The van der Waals surface area contributed by atoms with Gasteiger partial charge in [-0.1, -0.05) is 45.2 Å². The van der Waals surface area contributed by atoms with Gasteiger partial charge in [-0.2, -0.15) is 4.98 Å². The average molecular weight is 350 g/mol. The molecule has 0 amide bonds. The molecule has 25 heavy (non-hydrogen) atoms. The molecule has 1 aromatic rings. The number of hydrogen-bond acceptors (Lipinski definition) is 4. The van der Waals surface area contributed by atoms with E-state index in [9.17, 15) is 0 Å². The van der Waals surface area contributed by atoms with Crippen LogP contribution in [0.25, 0.3) is 0 Å². The predicted octanol–water partition coefficient (Wildman–Crippen LogP) is 3.51. The van der Waals surface area contributed by atoms with E-state index in [2.05, 4.69) is 46.5 Å². The summed E-state index contributed by atoms with van der Waals surface area (Å²) in [5.74, 6) is 4.49. The Hall–Kier alpha value is -1.59. The Balaban J connectivity index is 1.58. The van der Waals surface area contributed by atoms with Crippen LogP contribution in [0.15, 0.2) is 9.52 Å². The SMILES string of the molecule is CN=C(NCCCc1nc(C(C)C)no1)NCCC1CCCC(C)C1. The molecule has 1 fully saturated rings. The summed E-state index contributed by atoms with van der Waals surface area (Å²) in [6.45, 7) is 8.37. The maximum absolute atomic E-state index is 5.27. The van der Waals surface area contributed by atoms with Gasteiger partial charge in [0.2, 0.25) is 5.89 Å². The Morgan fingerprint density at radius 2 is 2.08 bits per heavy atom. The van der Waals surface area contributed by atoms with Crippen LogP contribution in [0.4, 0.5) is 0 Å². The lowest BCUT2D eigenvalue weighted by Crippen LogP contribution is -2.39. The lowest BCUT2D eigenvalue weighted by Gasteiger charge is -2.26. The average Bonchev–Trinajstić information content (AvgIpc) is 3.06. The van der Waals surface area contributed by atoms with E-state index in [1.54, 1.807) is 0 Å². The smallest absolute Gasteiger partial charge is 0.226 e. The lowest BCUT2D eigenvalue weighted by molar-refractivity contribution is 0.270. The molecule has 1 aliphatic carbocycles. The normalized spacial score (nSPS) is 21.6. The van der Waals surface area contributed by atoms with Crippen molar-refractivity contribution in [1.82, 2.24) is 20.8 Å². The summed E-state index contributed by atoms with van der Waals surface area (Å²) in [6, 6.07) is 0. The summed E-state index contributed by atoms with van der Waals surface area (Å²) >= 11 is 0. The molecule has 6 nitrogen and oxygen atoms in total. The van der Waals surface area contributed by atoms with Crippen LogP contribution in [0.3, 0.4) is 0 Å². The van der Waals surface area contributed by atoms with Crippen molar-refractivity contribution in [2.24, 2.45) is 16.8 Å². The van der Waals surface area contributed by atoms with E-state index in [0.717, 1.165) is 55.4 Å². The second-order valence-electron chi connectivity index (χ2n) is 7.66. The number of hydrogen-bond donors (Lipinski definition) is 2. The van der Waals surface area contributed by atoms with Gasteiger partial charge in [0.15, 0.2) is 11.8 Å². The molecule has 2 unspecified atom stereocenters. The third-order valence-electron chi connectivity index (χ3n) is 4.97. The van der Waals surface area contributed by atoms with Gasteiger partial charge in [0, 0.05) is 32.5 Å². The first-order valence-corrected chi connectivity index (χ1v) is 9.85. The van der Waals surface area contributed by atoms with Gasteiger partial charge in [0.25, 0.3) is 0 Å². The van der Waals surface area contributed by atoms with Gasteiger partial charge in [-0.15, -0.1) is 0 Å². The van der Waals surface area contributed by atoms with E-state index >= 15 is 0 Å². The monoisotopic (exact) mass is 349 g/mol. The van der Waals surface area contributed by atoms with Crippen LogP contribution in [-0.2, 0) is 6.42 Å². The van der Waals surface area contributed by atoms with Crippen LogP contribution in [-0.4, -0.2) is 36.2 Å². The fourth-order valence-electron chi connectivity index (χ4n) is 3.49. The highest BCUT2D eigenvalue weighted by molar-refractivity contribution is 5.79. The standard InChI is InChI=1S/C19H35N5O/c1-14(2)18-23-17(25-24-18)9-6-11-21-19(20-4)22-12-10-16-8-5-7-15(3)13-16/h14-16H,5-13H2,1-4H3,(H2,20,21,22). The molecule has 0 spiro atoms. The van der Waals surface area contributed by atoms with E-state index < -0.39 is 0 Å².